The first-order valence-electron chi connectivity index (χ1n) is 18.6. The molecule has 2 heterocycles. The van der Waals surface area contributed by atoms with Gasteiger partial charge in [0.2, 0.25) is 0 Å². The summed E-state index contributed by atoms with van der Waals surface area (Å²) in [6.45, 7) is 0. The molecule has 11 aromatic rings. The van der Waals surface area contributed by atoms with Gasteiger partial charge in [0.05, 0.1) is 11.4 Å². The van der Waals surface area contributed by atoms with Crippen LogP contribution in [0, 0.1) is 0 Å². The van der Waals surface area contributed by atoms with Crippen LogP contribution in [0.15, 0.2) is 194 Å². The fourth-order valence-corrected chi connectivity index (χ4v) is 9.26. The Morgan fingerprint density at radius 3 is 1.56 bits per heavy atom. The predicted molar refractivity (Wildman–Crippen MR) is 235 cm³/mol. The van der Waals surface area contributed by atoms with Gasteiger partial charge in [-0.05, 0) is 78.8 Å². The smallest absolute Gasteiger partial charge is 0.161 e. The Balaban J connectivity index is 1.08. The first kappa shape index (κ1) is 31.6. The number of nitrogens with zero attached hydrogens (tertiary/aromatic N) is 2. The minimum Gasteiger partial charge on any atom is -0.228 e. The fourth-order valence-electron chi connectivity index (χ4n) is 8.12. The number of hydrogen-bond donors (Lipinski definition) is 0. The molecule has 0 aliphatic carbocycles. The average Bonchev–Trinajstić information content (AvgIpc) is 3.64. The summed E-state index contributed by atoms with van der Waals surface area (Å²) in [7, 11) is 0. The van der Waals surface area contributed by atoms with Gasteiger partial charge < -0.3 is 0 Å². The quantitative estimate of drug-likeness (QED) is 0.131. The second-order valence-electron chi connectivity index (χ2n) is 14.1. The Hall–Kier alpha value is -6.94. The second-order valence-corrected chi connectivity index (χ2v) is 15.2. The van der Waals surface area contributed by atoms with E-state index >= 15 is 0 Å². The van der Waals surface area contributed by atoms with Crippen LogP contribution in [-0.2, 0) is 0 Å². The van der Waals surface area contributed by atoms with Crippen molar-refractivity contribution in [1.29, 1.82) is 0 Å². The van der Waals surface area contributed by atoms with Gasteiger partial charge in [-0.15, -0.1) is 11.3 Å². The highest BCUT2D eigenvalue weighted by molar-refractivity contribution is 7.25. The second kappa shape index (κ2) is 12.9. The molecule has 55 heavy (non-hydrogen) atoms. The van der Waals surface area contributed by atoms with E-state index in [1.54, 1.807) is 0 Å². The summed E-state index contributed by atoms with van der Waals surface area (Å²) in [5.41, 5.74) is 9.69. The van der Waals surface area contributed by atoms with Gasteiger partial charge in [-0.3, -0.25) is 0 Å². The molecule has 2 aromatic heterocycles. The van der Waals surface area contributed by atoms with Crippen molar-refractivity contribution in [2.24, 2.45) is 0 Å². The van der Waals surface area contributed by atoms with E-state index < -0.39 is 0 Å². The Labute approximate surface area is 322 Å². The molecule has 0 bridgehead atoms. The van der Waals surface area contributed by atoms with Gasteiger partial charge >= 0.3 is 0 Å². The van der Waals surface area contributed by atoms with E-state index in [-0.39, 0.29) is 0 Å². The zero-order valence-electron chi connectivity index (χ0n) is 29.8. The van der Waals surface area contributed by atoms with Crippen LogP contribution in [0.25, 0.3) is 109 Å². The number of rotatable bonds is 5. The molecule has 0 fully saturated rings. The molecule has 0 saturated heterocycles. The summed E-state index contributed by atoms with van der Waals surface area (Å²) >= 11 is 1.85. The third kappa shape index (κ3) is 5.48. The van der Waals surface area contributed by atoms with Crippen molar-refractivity contribution in [3.63, 3.8) is 0 Å². The van der Waals surface area contributed by atoms with Crippen LogP contribution < -0.4 is 0 Å². The Bertz CT molecular complexity index is 3230. The van der Waals surface area contributed by atoms with Gasteiger partial charge in [-0.25, -0.2) is 9.97 Å². The van der Waals surface area contributed by atoms with E-state index in [9.17, 15) is 0 Å². The lowest BCUT2D eigenvalue weighted by Crippen LogP contribution is -1.98. The number of thiophene rings is 1. The zero-order valence-corrected chi connectivity index (χ0v) is 30.6. The van der Waals surface area contributed by atoms with Crippen LogP contribution in [0.1, 0.15) is 0 Å². The molecule has 0 saturated carbocycles. The normalized spacial score (nSPS) is 11.6. The highest BCUT2D eigenvalue weighted by atomic mass is 32.1. The predicted octanol–water partition coefficient (Wildman–Crippen LogP) is 14.6. The van der Waals surface area contributed by atoms with E-state index in [1.165, 1.54) is 64.0 Å². The third-order valence-electron chi connectivity index (χ3n) is 10.9. The lowest BCUT2D eigenvalue weighted by Gasteiger charge is -2.15. The molecule has 0 atom stereocenters. The van der Waals surface area contributed by atoms with Gasteiger partial charge in [-0.2, -0.15) is 0 Å². The minimum absolute atomic E-state index is 0.719. The van der Waals surface area contributed by atoms with Gasteiger partial charge in [0.15, 0.2) is 5.82 Å². The molecule has 0 spiro atoms. The monoisotopic (exact) mass is 716 g/mol. The van der Waals surface area contributed by atoms with Gasteiger partial charge in [-0.1, -0.05) is 170 Å². The van der Waals surface area contributed by atoms with Crippen molar-refractivity contribution < 1.29 is 0 Å². The van der Waals surface area contributed by atoms with Gasteiger partial charge in [0.1, 0.15) is 0 Å². The van der Waals surface area contributed by atoms with Crippen molar-refractivity contribution in [3.05, 3.63) is 194 Å². The summed E-state index contributed by atoms with van der Waals surface area (Å²) < 4.78 is 2.63. The lowest BCUT2D eigenvalue weighted by atomic mass is 9.92. The van der Waals surface area contributed by atoms with Gasteiger partial charge in [0.25, 0.3) is 0 Å². The number of hydrogen-bond acceptors (Lipinski definition) is 3. The average molecular weight is 717 g/mol. The number of benzene rings is 9. The van der Waals surface area contributed by atoms with Crippen LogP contribution >= 0.6 is 11.3 Å². The Kier molecular flexibility index (Phi) is 7.39. The van der Waals surface area contributed by atoms with Crippen LogP contribution in [0.4, 0.5) is 0 Å². The van der Waals surface area contributed by atoms with Crippen molar-refractivity contribution in [1.82, 2.24) is 9.97 Å². The van der Waals surface area contributed by atoms with E-state index in [2.05, 4.69) is 194 Å². The highest BCUT2D eigenvalue weighted by Gasteiger charge is 2.18. The summed E-state index contributed by atoms with van der Waals surface area (Å²) in [6.07, 6.45) is 0. The first-order valence-corrected chi connectivity index (χ1v) is 19.5. The number of aromatic nitrogens is 2. The SMILES string of the molecule is c1ccc(-c2ccc(-c3cc(-c4ccc(-c5ccc6c(c5)sc5ccccc56)cc4)nc(-c4c5ccccc5cc5c4ccc4ccccc45)n3)cc2)cc1. The van der Waals surface area contributed by atoms with Crippen molar-refractivity contribution in [2.75, 3.05) is 0 Å². The van der Waals surface area contributed by atoms with E-state index in [4.69, 9.17) is 9.97 Å². The maximum absolute atomic E-state index is 5.40. The van der Waals surface area contributed by atoms with Crippen molar-refractivity contribution in [2.45, 2.75) is 0 Å². The molecule has 0 aliphatic heterocycles. The molecular weight excluding hydrogens is 685 g/mol. The molecule has 0 aliphatic rings. The molecule has 0 unspecified atom stereocenters. The topological polar surface area (TPSA) is 25.8 Å². The van der Waals surface area contributed by atoms with Gasteiger partial charge in [0, 0.05) is 36.9 Å². The maximum Gasteiger partial charge on any atom is 0.161 e. The van der Waals surface area contributed by atoms with E-state index in [0.29, 0.717) is 0 Å². The molecule has 0 amide bonds. The molecule has 9 aromatic carbocycles. The van der Waals surface area contributed by atoms with Crippen molar-refractivity contribution in [3.8, 4) is 56.2 Å². The first-order chi connectivity index (χ1) is 27.2. The largest absolute Gasteiger partial charge is 0.228 e. The summed E-state index contributed by atoms with van der Waals surface area (Å²) in [4.78, 5) is 10.8. The molecule has 256 valence electrons. The standard InChI is InChI=1S/C52H32N2S/c1-2-10-33(11-3-1)34-18-22-37(23-19-34)47-32-48(38-24-20-35(21-25-38)39-27-28-44-43-16-8-9-17-49(43)55-50(44)31-39)54-52(53-47)51-42-15-7-5-13-40(42)30-46-41-14-6-4-12-36(41)26-29-45(46)51/h1-32H. The molecule has 2 nitrogen and oxygen atoms in total. The minimum atomic E-state index is 0.719. The van der Waals surface area contributed by atoms with Crippen LogP contribution in [0.2, 0.25) is 0 Å². The van der Waals surface area contributed by atoms with E-state index in [0.717, 1.165) is 44.7 Å². The number of fused-ring (bicyclic) bond motifs is 7. The maximum atomic E-state index is 5.40. The van der Waals surface area contributed by atoms with Crippen LogP contribution in [0.3, 0.4) is 0 Å². The molecule has 0 radical (unpaired) electrons. The molecular formula is C52H32N2S. The molecule has 11 rings (SSSR count). The summed E-state index contributed by atoms with van der Waals surface area (Å²) in [5.74, 6) is 0.719. The third-order valence-corrected chi connectivity index (χ3v) is 12.0. The molecule has 0 N–H and O–H groups in total. The Morgan fingerprint density at radius 1 is 0.291 bits per heavy atom. The fraction of sp³-hybridized carbons (Fsp3) is 0. The summed E-state index contributed by atoms with van der Waals surface area (Å²) in [5, 5.41) is 9.74. The van der Waals surface area contributed by atoms with Crippen molar-refractivity contribution >= 4 is 63.8 Å². The highest BCUT2D eigenvalue weighted by Crippen LogP contribution is 2.41. The lowest BCUT2D eigenvalue weighted by molar-refractivity contribution is 1.19. The zero-order chi connectivity index (χ0) is 36.3. The van der Waals surface area contributed by atoms with Crippen LogP contribution in [0.5, 0.6) is 0 Å². The Morgan fingerprint density at radius 2 is 0.818 bits per heavy atom. The van der Waals surface area contributed by atoms with E-state index in [1.807, 2.05) is 11.3 Å². The summed E-state index contributed by atoms with van der Waals surface area (Å²) in [6, 6.07) is 69.8. The molecule has 3 heteroatoms. The van der Waals surface area contributed by atoms with Crippen LogP contribution in [-0.4, -0.2) is 9.97 Å².